The lowest BCUT2D eigenvalue weighted by Crippen LogP contribution is -2.44. The summed E-state index contributed by atoms with van der Waals surface area (Å²) in [6.45, 7) is 4.12. The largest absolute Gasteiger partial charge is 0.396 e. The summed E-state index contributed by atoms with van der Waals surface area (Å²) in [5.74, 6) is -0.693. The van der Waals surface area contributed by atoms with Gasteiger partial charge >= 0.3 is 5.69 Å². The fraction of sp³-hybridized carbons (Fsp3) is 0.719. The number of aliphatic hydroxyl groups is 1. The molecule has 0 radical (unpaired) electrons. The van der Waals surface area contributed by atoms with Crippen LogP contribution in [0.3, 0.4) is 0 Å². The third kappa shape index (κ3) is 7.15. The lowest BCUT2D eigenvalue weighted by atomic mass is 10.0. The number of piperidine rings is 1. The minimum Gasteiger partial charge on any atom is -0.396 e. The second kappa shape index (κ2) is 14.8. The summed E-state index contributed by atoms with van der Waals surface area (Å²) in [6, 6.07) is 6.75. The van der Waals surface area contributed by atoms with Crippen LogP contribution in [0.2, 0.25) is 0 Å². The van der Waals surface area contributed by atoms with Crippen molar-refractivity contribution in [2.45, 2.75) is 108 Å². The minimum atomic E-state index is -0.662. The van der Waals surface area contributed by atoms with E-state index in [-0.39, 0.29) is 30.7 Å². The number of imidazole rings is 1. The van der Waals surface area contributed by atoms with Crippen LogP contribution in [-0.4, -0.2) is 82.0 Å². The summed E-state index contributed by atoms with van der Waals surface area (Å²) in [6.07, 6.45) is 12.6. The molecule has 4 unspecified atom stereocenters. The van der Waals surface area contributed by atoms with Gasteiger partial charge in [-0.05, 0) is 88.9 Å². The molecule has 0 spiro atoms. The number of hydrogen-bond acceptors (Lipinski definition) is 7. The van der Waals surface area contributed by atoms with Gasteiger partial charge in [0.15, 0.2) is 0 Å². The molecule has 0 saturated carbocycles. The average Bonchev–Trinajstić information content (AvgIpc) is 3.66. The van der Waals surface area contributed by atoms with Crippen LogP contribution in [0.25, 0.3) is 11.0 Å². The summed E-state index contributed by atoms with van der Waals surface area (Å²) >= 11 is 0. The second-order valence-corrected chi connectivity index (χ2v) is 12.4. The van der Waals surface area contributed by atoms with Crippen LogP contribution in [0.4, 0.5) is 0 Å². The van der Waals surface area contributed by atoms with Gasteiger partial charge in [-0.1, -0.05) is 25.0 Å². The first kappa shape index (κ1) is 30.9. The number of aromatic nitrogens is 2. The predicted molar refractivity (Wildman–Crippen MR) is 162 cm³/mol. The average molecular weight is 584 g/mol. The Balaban J connectivity index is 1.02. The highest BCUT2D eigenvalue weighted by Crippen LogP contribution is 2.32. The first-order valence-electron chi connectivity index (χ1n) is 16.2. The molecule has 3 aliphatic rings. The van der Waals surface area contributed by atoms with Crippen molar-refractivity contribution in [2.75, 3.05) is 32.8 Å². The molecule has 2 aromatic rings. The van der Waals surface area contributed by atoms with Crippen molar-refractivity contribution in [3.8, 4) is 0 Å². The molecule has 10 nitrogen and oxygen atoms in total. The van der Waals surface area contributed by atoms with Crippen molar-refractivity contribution < 1.29 is 19.4 Å². The Morgan fingerprint density at radius 2 is 1.93 bits per heavy atom. The van der Waals surface area contributed by atoms with Crippen molar-refractivity contribution in [3.05, 3.63) is 34.2 Å². The van der Waals surface area contributed by atoms with Crippen LogP contribution < -0.4 is 16.3 Å². The van der Waals surface area contributed by atoms with Crippen LogP contribution in [0.15, 0.2) is 23.0 Å². The summed E-state index contributed by atoms with van der Waals surface area (Å²) in [5, 5.41) is 15.5. The standard InChI is InChI=1S/C32H49N5O5/c1-35-30-23(9-6-11-27(30)37(32(35)41)28-14-15-29(39)34-31(28)40)8-4-2-3-5-21-42-26(17-20-38)16-18-33-22-25-13-12-24-10-7-19-36(24)25/h6,9,11,24-26,28,33,38H,2-5,7-8,10,12-22H2,1H3,(H,34,39,40). The van der Waals surface area contributed by atoms with Gasteiger partial charge in [-0.15, -0.1) is 0 Å². The SMILES string of the molecule is Cn1c(=O)n(C2CCC(=O)NC2=O)c2cccc(CCCCCCOC(CCO)CCNCC3CCC4CCCN43)c21. The first-order valence-corrected chi connectivity index (χ1v) is 16.2. The van der Waals surface area contributed by atoms with Crippen molar-refractivity contribution in [1.82, 2.24) is 24.7 Å². The van der Waals surface area contributed by atoms with Gasteiger partial charge in [0.05, 0.1) is 17.1 Å². The summed E-state index contributed by atoms with van der Waals surface area (Å²) in [7, 11) is 1.75. The topological polar surface area (TPSA) is 118 Å². The number of unbranched alkanes of at least 4 members (excludes halogenated alkanes) is 3. The Morgan fingerprint density at radius 3 is 2.76 bits per heavy atom. The van der Waals surface area contributed by atoms with Crippen LogP contribution in [-0.2, 0) is 27.8 Å². The van der Waals surface area contributed by atoms with Crippen molar-refractivity contribution in [3.63, 3.8) is 0 Å². The van der Waals surface area contributed by atoms with Crippen molar-refractivity contribution in [2.24, 2.45) is 7.05 Å². The van der Waals surface area contributed by atoms with E-state index in [1.807, 2.05) is 12.1 Å². The Morgan fingerprint density at radius 1 is 1.07 bits per heavy atom. The number of rotatable bonds is 16. The Kier molecular flexibility index (Phi) is 10.9. The highest BCUT2D eigenvalue weighted by atomic mass is 16.5. The van der Waals surface area contributed by atoms with E-state index in [2.05, 4.69) is 21.6 Å². The van der Waals surface area contributed by atoms with E-state index in [1.54, 1.807) is 16.2 Å². The molecular weight excluding hydrogens is 534 g/mol. The van der Waals surface area contributed by atoms with Crippen LogP contribution >= 0.6 is 0 Å². The number of imide groups is 1. The van der Waals surface area contributed by atoms with Gasteiger partial charge in [-0.25, -0.2) is 4.79 Å². The number of amides is 2. The number of fused-ring (bicyclic) bond motifs is 2. The molecule has 5 rings (SSSR count). The summed E-state index contributed by atoms with van der Waals surface area (Å²) < 4.78 is 9.33. The van der Waals surface area contributed by atoms with Gasteiger partial charge in [-0.3, -0.25) is 28.9 Å². The zero-order chi connectivity index (χ0) is 29.5. The highest BCUT2D eigenvalue weighted by Gasteiger charge is 2.36. The number of ether oxygens (including phenoxy) is 1. The van der Waals surface area contributed by atoms with Crippen LogP contribution in [0.5, 0.6) is 0 Å². The summed E-state index contributed by atoms with van der Waals surface area (Å²) in [4.78, 5) is 39.9. The molecule has 3 N–H and O–H groups in total. The number of nitrogens with zero attached hydrogens (tertiary/aromatic N) is 3. The Labute approximate surface area is 248 Å². The molecule has 42 heavy (non-hydrogen) atoms. The van der Waals surface area contributed by atoms with E-state index in [1.165, 1.54) is 32.2 Å². The maximum atomic E-state index is 13.1. The fourth-order valence-electron chi connectivity index (χ4n) is 7.38. The fourth-order valence-corrected chi connectivity index (χ4v) is 7.38. The van der Waals surface area contributed by atoms with Gasteiger partial charge in [-0.2, -0.15) is 0 Å². The molecule has 0 bridgehead atoms. The Hall–Kier alpha value is -2.53. The van der Waals surface area contributed by atoms with Crippen molar-refractivity contribution in [1.29, 1.82) is 0 Å². The normalized spacial score (nSPS) is 23.5. The molecule has 1 aromatic carbocycles. The number of para-hydroxylation sites is 1. The summed E-state index contributed by atoms with van der Waals surface area (Å²) in [5.41, 5.74) is 2.48. The zero-order valence-electron chi connectivity index (χ0n) is 25.2. The molecule has 232 valence electrons. The van der Waals surface area contributed by atoms with Gasteiger partial charge in [0.25, 0.3) is 0 Å². The van der Waals surface area contributed by atoms with E-state index in [4.69, 9.17) is 4.74 Å². The third-order valence-electron chi connectivity index (χ3n) is 9.60. The van der Waals surface area contributed by atoms with E-state index in [0.717, 1.165) is 74.3 Å². The molecule has 3 aliphatic heterocycles. The molecule has 10 heteroatoms. The van der Waals surface area contributed by atoms with Crippen molar-refractivity contribution >= 4 is 22.8 Å². The number of aryl methyl sites for hydroxylation is 2. The minimum absolute atomic E-state index is 0.0953. The van der Waals surface area contributed by atoms with E-state index in [9.17, 15) is 19.5 Å². The maximum Gasteiger partial charge on any atom is 0.329 e. The number of carbonyl (C=O) groups is 2. The number of benzene rings is 1. The molecule has 3 saturated heterocycles. The van der Waals surface area contributed by atoms with Gasteiger partial charge in [0.2, 0.25) is 11.8 Å². The molecule has 3 fully saturated rings. The van der Waals surface area contributed by atoms with Gasteiger partial charge < -0.3 is 15.2 Å². The number of aliphatic hydroxyl groups excluding tert-OH is 1. The zero-order valence-corrected chi connectivity index (χ0v) is 25.2. The molecule has 4 heterocycles. The van der Waals surface area contributed by atoms with Crippen LogP contribution in [0.1, 0.15) is 88.7 Å². The first-order chi connectivity index (χ1) is 20.5. The van der Waals surface area contributed by atoms with Crippen LogP contribution in [0, 0.1) is 0 Å². The lowest BCUT2D eigenvalue weighted by Gasteiger charge is -2.24. The molecular formula is C32H49N5O5. The number of hydrogen-bond donors (Lipinski definition) is 3. The lowest BCUT2D eigenvalue weighted by molar-refractivity contribution is -0.135. The second-order valence-electron chi connectivity index (χ2n) is 12.4. The molecule has 0 aliphatic carbocycles. The quantitative estimate of drug-likeness (QED) is 0.206. The molecule has 4 atom stereocenters. The monoisotopic (exact) mass is 583 g/mol. The van der Waals surface area contributed by atoms with Gasteiger partial charge in [0, 0.05) is 45.3 Å². The third-order valence-corrected chi connectivity index (χ3v) is 9.60. The smallest absolute Gasteiger partial charge is 0.329 e. The van der Waals surface area contributed by atoms with E-state index < -0.39 is 11.9 Å². The van der Waals surface area contributed by atoms with E-state index in [0.29, 0.717) is 25.5 Å². The highest BCUT2D eigenvalue weighted by molar-refractivity contribution is 6.00. The molecule has 1 aromatic heterocycles. The molecule has 2 amide bonds. The number of carbonyl (C=O) groups excluding carboxylic acids is 2. The van der Waals surface area contributed by atoms with E-state index >= 15 is 0 Å². The Bertz CT molecular complexity index is 1270. The van der Waals surface area contributed by atoms with Gasteiger partial charge in [0.1, 0.15) is 6.04 Å². The maximum absolute atomic E-state index is 13.1. The number of nitrogens with one attached hydrogen (secondary N) is 2. The predicted octanol–water partition coefficient (Wildman–Crippen LogP) is 2.79.